The van der Waals surface area contributed by atoms with Gasteiger partial charge < -0.3 is 4.74 Å². The van der Waals surface area contributed by atoms with Gasteiger partial charge in [-0.15, -0.1) is 24.0 Å². The molecule has 1 aromatic heterocycles. The number of thiol groups is 1. The van der Waals surface area contributed by atoms with Crippen LogP contribution < -0.4 is 4.74 Å². The highest BCUT2D eigenvalue weighted by molar-refractivity contribution is 7.80. The van der Waals surface area contributed by atoms with Crippen LogP contribution in [0.1, 0.15) is 31.7 Å². The molecular weight excluding hydrogens is 320 g/mol. The van der Waals surface area contributed by atoms with Gasteiger partial charge in [-0.1, -0.05) is 31.9 Å². The summed E-state index contributed by atoms with van der Waals surface area (Å²) in [6.07, 6.45) is 4.91. The molecule has 0 bridgehead atoms. The largest absolute Gasteiger partial charge is 0.496 e. The van der Waals surface area contributed by atoms with Gasteiger partial charge in [0.15, 0.2) is 0 Å². The first-order valence-electron chi connectivity index (χ1n) is 8.11. The van der Waals surface area contributed by atoms with E-state index in [9.17, 15) is 0 Å². The van der Waals surface area contributed by atoms with Crippen LogP contribution in [0.5, 0.6) is 5.75 Å². The summed E-state index contributed by atoms with van der Waals surface area (Å²) in [5.74, 6) is 0.969. The average Bonchev–Trinajstić information content (AvgIpc) is 2.97. The van der Waals surface area contributed by atoms with Gasteiger partial charge in [0.25, 0.3) is 0 Å². The van der Waals surface area contributed by atoms with Crippen molar-refractivity contribution >= 4 is 34.1 Å². The highest BCUT2D eigenvalue weighted by atomic mass is 32.1. The Hall–Kier alpha value is -1.45. The molecule has 0 saturated carbocycles. The third kappa shape index (κ3) is 3.73. The lowest BCUT2D eigenvalue weighted by Gasteiger charge is -2.09. The third-order valence-electron chi connectivity index (χ3n) is 4.10. The molecule has 3 rings (SSSR count). The molecule has 0 aliphatic rings. The highest BCUT2D eigenvalue weighted by Gasteiger charge is 2.11. The number of methoxy groups -OCH3 is 1. The highest BCUT2D eigenvalue weighted by Crippen LogP contribution is 2.39. The second-order valence-corrected chi connectivity index (χ2v) is 7.42. The topological polar surface area (TPSA) is 9.23 Å². The van der Waals surface area contributed by atoms with E-state index >= 15 is 0 Å². The Morgan fingerprint density at radius 3 is 2.70 bits per heavy atom. The quantitative estimate of drug-likeness (QED) is 0.392. The minimum absolute atomic E-state index is 0.969. The standard InChI is InChI=1S/C20H22OS2/c1-3-4-5-6-14-7-10-17(18(11-14)21-2)20-12-15-8-9-16(22)13-19(15)23-20/h7-13,22H,3-6H2,1-2H3. The second-order valence-electron chi connectivity index (χ2n) is 5.82. The molecule has 23 heavy (non-hydrogen) atoms. The molecule has 0 N–H and O–H groups in total. The Bertz CT molecular complexity index is 805. The van der Waals surface area contributed by atoms with Gasteiger partial charge in [0.2, 0.25) is 0 Å². The number of hydrogen-bond donors (Lipinski definition) is 1. The number of unbranched alkanes of at least 4 members (excludes halogenated alkanes) is 2. The predicted molar refractivity (Wildman–Crippen MR) is 104 cm³/mol. The fourth-order valence-corrected chi connectivity index (χ4v) is 4.25. The van der Waals surface area contributed by atoms with Crippen LogP contribution in [-0.2, 0) is 6.42 Å². The molecule has 0 radical (unpaired) electrons. The molecule has 0 aliphatic heterocycles. The van der Waals surface area contributed by atoms with Gasteiger partial charge in [-0.3, -0.25) is 0 Å². The number of hydrogen-bond acceptors (Lipinski definition) is 3. The van der Waals surface area contributed by atoms with Crippen molar-refractivity contribution in [2.75, 3.05) is 7.11 Å². The van der Waals surface area contributed by atoms with Gasteiger partial charge in [0.1, 0.15) is 5.75 Å². The zero-order chi connectivity index (χ0) is 16.2. The molecule has 0 aliphatic carbocycles. The fraction of sp³-hybridized carbons (Fsp3) is 0.300. The summed E-state index contributed by atoms with van der Waals surface area (Å²) in [6, 6.07) is 15.2. The van der Waals surface area contributed by atoms with E-state index in [-0.39, 0.29) is 0 Å². The maximum atomic E-state index is 5.66. The lowest BCUT2D eigenvalue weighted by Crippen LogP contribution is -1.91. The zero-order valence-electron chi connectivity index (χ0n) is 13.6. The van der Waals surface area contributed by atoms with Gasteiger partial charge in [-0.2, -0.15) is 0 Å². The van der Waals surface area contributed by atoms with Gasteiger partial charge in [-0.05, 0) is 54.1 Å². The molecule has 120 valence electrons. The lowest BCUT2D eigenvalue weighted by atomic mass is 10.0. The van der Waals surface area contributed by atoms with Crippen molar-refractivity contribution in [3.8, 4) is 16.2 Å². The van der Waals surface area contributed by atoms with Crippen molar-refractivity contribution < 1.29 is 4.74 Å². The average molecular weight is 343 g/mol. The van der Waals surface area contributed by atoms with E-state index in [1.807, 2.05) is 6.07 Å². The molecule has 1 heterocycles. The van der Waals surface area contributed by atoms with Crippen molar-refractivity contribution in [3.63, 3.8) is 0 Å². The number of benzene rings is 2. The van der Waals surface area contributed by atoms with Crippen molar-refractivity contribution in [2.45, 2.75) is 37.5 Å². The van der Waals surface area contributed by atoms with E-state index in [1.165, 1.54) is 45.4 Å². The van der Waals surface area contributed by atoms with Crippen molar-refractivity contribution in [1.29, 1.82) is 0 Å². The monoisotopic (exact) mass is 342 g/mol. The number of thiophene rings is 1. The maximum Gasteiger partial charge on any atom is 0.127 e. The minimum Gasteiger partial charge on any atom is -0.496 e. The third-order valence-corrected chi connectivity index (χ3v) is 5.51. The van der Waals surface area contributed by atoms with Crippen molar-refractivity contribution in [2.24, 2.45) is 0 Å². The summed E-state index contributed by atoms with van der Waals surface area (Å²) in [5.41, 5.74) is 2.53. The van der Waals surface area contributed by atoms with Crippen LogP contribution in [0, 0.1) is 0 Å². The van der Waals surface area contributed by atoms with Gasteiger partial charge in [0, 0.05) is 20.0 Å². The Kier molecular flexibility index (Phi) is 5.29. The number of fused-ring (bicyclic) bond motifs is 1. The smallest absolute Gasteiger partial charge is 0.127 e. The van der Waals surface area contributed by atoms with E-state index in [1.54, 1.807) is 18.4 Å². The first-order chi connectivity index (χ1) is 11.2. The molecule has 1 nitrogen and oxygen atoms in total. The molecule has 0 unspecified atom stereocenters. The Morgan fingerprint density at radius 2 is 1.91 bits per heavy atom. The van der Waals surface area contributed by atoms with Gasteiger partial charge in [0.05, 0.1) is 7.11 Å². The second kappa shape index (κ2) is 7.41. The van der Waals surface area contributed by atoms with Gasteiger partial charge >= 0.3 is 0 Å². The molecule has 3 aromatic rings. The van der Waals surface area contributed by atoms with Crippen LogP contribution >= 0.6 is 24.0 Å². The van der Waals surface area contributed by atoms with Crippen LogP contribution in [0.3, 0.4) is 0 Å². The molecular formula is C20H22OS2. The fourth-order valence-electron chi connectivity index (χ4n) is 2.83. The Labute approximate surface area is 147 Å². The van der Waals surface area contributed by atoms with E-state index in [0.717, 1.165) is 17.1 Å². The molecule has 0 spiro atoms. The van der Waals surface area contributed by atoms with Gasteiger partial charge in [-0.25, -0.2) is 0 Å². The normalized spacial score (nSPS) is 11.1. The summed E-state index contributed by atoms with van der Waals surface area (Å²) < 4.78 is 6.92. The molecule has 3 heteroatoms. The summed E-state index contributed by atoms with van der Waals surface area (Å²) in [4.78, 5) is 2.25. The Balaban J connectivity index is 1.93. The zero-order valence-corrected chi connectivity index (χ0v) is 15.3. The molecule has 0 atom stereocenters. The van der Waals surface area contributed by atoms with E-state index in [2.05, 4.69) is 56.0 Å². The SMILES string of the molecule is CCCCCc1ccc(-c2cc3ccc(S)cc3s2)c(OC)c1. The minimum atomic E-state index is 0.969. The van der Waals surface area contributed by atoms with Crippen molar-refractivity contribution in [3.05, 3.63) is 48.0 Å². The van der Waals surface area contributed by atoms with Crippen LogP contribution in [0.4, 0.5) is 0 Å². The summed E-state index contributed by atoms with van der Waals surface area (Å²) in [5, 5.41) is 1.26. The van der Waals surface area contributed by atoms with Crippen molar-refractivity contribution in [1.82, 2.24) is 0 Å². The van der Waals surface area contributed by atoms with E-state index in [4.69, 9.17) is 4.74 Å². The predicted octanol–water partition coefficient (Wildman–Crippen LogP) is 6.60. The van der Waals surface area contributed by atoms with Crippen LogP contribution in [0.15, 0.2) is 47.4 Å². The number of ether oxygens (including phenoxy) is 1. The summed E-state index contributed by atoms with van der Waals surface area (Å²) in [6.45, 7) is 2.24. The molecule has 0 saturated heterocycles. The summed E-state index contributed by atoms with van der Waals surface area (Å²) in [7, 11) is 1.76. The van der Waals surface area contributed by atoms with Crippen LogP contribution in [0.25, 0.3) is 20.5 Å². The first kappa shape index (κ1) is 16.4. The lowest BCUT2D eigenvalue weighted by molar-refractivity contribution is 0.416. The van der Waals surface area contributed by atoms with Crippen LogP contribution in [0.2, 0.25) is 0 Å². The first-order valence-corrected chi connectivity index (χ1v) is 9.37. The summed E-state index contributed by atoms with van der Waals surface area (Å²) >= 11 is 6.22. The number of aryl methyl sites for hydroxylation is 1. The Morgan fingerprint density at radius 1 is 1.04 bits per heavy atom. The van der Waals surface area contributed by atoms with E-state index < -0.39 is 0 Å². The van der Waals surface area contributed by atoms with E-state index in [0.29, 0.717) is 0 Å². The molecule has 2 aromatic carbocycles. The van der Waals surface area contributed by atoms with Crippen LogP contribution in [-0.4, -0.2) is 7.11 Å². The maximum absolute atomic E-state index is 5.66. The number of rotatable bonds is 6. The molecule has 0 amide bonds. The molecule has 0 fully saturated rings.